The fraction of sp³-hybridized carbons (Fsp3) is 0.429. The molecule has 76 valence electrons. The number of cyclic esters (lactones) is 1. The molecule has 1 atom stereocenters. The van der Waals surface area contributed by atoms with Crippen molar-refractivity contribution in [2.45, 2.75) is 12.5 Å². The second kappa shape index (κ2) is 2.54. The van der Waals surface area contributed by atoms with Crippen molar-refractivity contribution < 1.29 is 18.9 Å². The van der Waals surface area contributed by atoms with Gasteiger partial charge in [0.15, 0.2) is 0 Å². The average Bonchev–Trinajstić information content (AvgIpc) is 2.70. The summed E-state index contributed by atoms with van der Waals surface area (Å²) in [7, 11) is 0. The summed E-state index contributed by atoms with van der Waals surface area (Å²) in [4.78, 5) is 16.3. The molecule has 2 aliphatic heterocycles. The van der Waals surface area contributed by atoms with E-state index in [1.54, 1.807) is 0 Å². The Balaban J connectivity index is 0.000000750. The summed E-state index contributed by atoms with van der Waals surface area (Å²) >= 11 is 0. The number of nitrogens with zero attached hydrogens (tertiary/aromatic N) is 2. The van der Waals surface area contributed by atoms with Gasteiger partial charge in [0.2, 0.25) is 0 Å². The smallest absolute Gasteiger partial charge is 0.444 e. The quantitative estimate of drug-likeness (QED) is 0.652. The van der Waals surface area contributed by atoms with Crippen LogP contribution in [-0.2, 0) is 10.3 Å². The average molecular weight is 219 g/mol. The van der Waals surface area contributed by atoms with Crippen LogP contribution in [0.15, 0.2) is 10.8 Å². The Morgan fingerprint density at radius 1 is 1.64 bits per heavy atom. The zero-order chi connectivity index (χ0) is 9.05. The Kier molecular flexibility index (Phi) is 1.66. The number of hydrogen-bond acceptors (Lipinski definition) is 5. The Morgan fingerprint density at radius 3 is 3.21 bits per heavy atom. The molecule has 2 aliphatic rings. The van der Waals surface area contributed by atoms with Gasteiger partial charge in [0.1, 0.15) is 18.4 Å². The van der Waals surface area contributed by atoms with Crippen LogP contribution in [-0.4, -0.2) is 22.9 Å². The van der Waals surface area contributed by atoms with Gasteiger partial charge < -0.3 is 14.1 Å². The molecule has 0 spiro atoms. The van der Waals surface area contributed by atoms with Crippen LogP contribution in [0, 0.1) is 0 Å². The van der Waals surface area contributed by atoms with Crippen LogP contribution >= 0.6 is 12.4 Å². The molecule has 1 fully saturated rings. The van der Waals surface area contributed by atoms with Crippen molar-refractivity contribution in [2.24, 2.45) is 0 Å². The third-order valence-corrected chi connectivity index (χ3v) is 2.39. The van der Waals surface area contributed by atoms with Crippen LogP contribution < -0.4 is 4.84 Å². The lowest BCUT2D eigenvalue weighted by molar-refractivity contribution is -0.0492. The molecular weight excluding hydrogens is 212 g/mol. The fourth-order valence-corrected chi connectivity index (χ4v) is 1.58. The highest BCUT2D eigenvalue weighted by atomic mass is 35.5. The van der Waals surface area contributed by atoms with E-state index in [2.05, 4.69) is 5.16 Å². The van der Waals surface area contributed by atoms with E-state index in [-0.39, 0.29) is 19.0 Å². The predicted octanol–water partition coefficient (Wildman–Crippen LogP) is 1.07. The first-order chi connectivity index (χ1) is 6.22. The summed E-state index contributed by atoms with van der Waals surface area (Å²) in [6.07, 6.45) is 0.984. The normalized spacial score (nSPS) is 27.5. The number of ether oxygens (including phenoxy) is 1. The van der Waals surface area contributed by atoms with Crippen molar-refractivity contribution in [3.8, 4) is 5.88 Å². The summed E-state index contributed by atoms with van der Waals surface area (Å²) in [5.74, 6) is 0.346. The van der Waals surface area contributed by atoms with Gasteiger partial charge in [-0.15, -0.1) is 17.5 Å². The maximum Gasteiger partial charge on any atom is 0.444 e. The van der Waals surface area contributed by atoms with E-state index < -0.39 is 11.6 Å². The summed E-state index contributed by atoms with van der Waals surface area (Å²) < 4.78 is 9.57. The number of carbonyl (C=O) groups is 1. The molecule has 3 heterocycles. The maximum atomic E-state index is 11.1. The molecule has 1 amide bonds. The molecule has 0 aromatic carbocycles. The summed E-state index contributed by atoms with van der Waals surface area (Å²) in [6, 6.07) is 0. The molecular formula is C7H7ClN2O4. The molecule has 1 aromatic rings. The number of amides is 1. The number of aromatic nitrogens is 1. The number of hydrogen-bond donors (Lipinski definition) is 0. The molecule has 7 heteroatoms. The van der Waals surface area contributed by atoms with Crippen LogP contribution in [0.25, 0.3) is 0 Å². The molecule has 3 rings (SSSR count). The SMILES string of the molecule is CC12COC(=O)N1Oc1nocc12.Cl. The van der Waals surface area contributed by atoms with E-state index in [1.807, 2.05) is 6.92 Å². The highest BCUT2D eigenvalue weighted by molar-refractivity contribution is 5.85. The van der Waals surface area contributed by atoms with Crippen molar-refractivity contribution in [1.29, 1.82) is 0 Å². The van der Waals surface area contributed by atoms with Gasteiger partial charge in [-0.1, -0.05) is 0 Å². The number of rotatable bonds is 0. The monoisotopic (exact) mass is 218 g/mol. The van der Waals surface area contributed by atoms with E-state index in [4.69, 9.17) is 14.1 Å². The lowest BCUT2D eigenvalue weighted by Crippen LogP contribution is -2.38. The summed E-state index contributed by atoms with van der Waals surface area (Å²) in [5.41, 5.74) is 0.172. The summed E-state index contributed by atoms with van der Waals surface area (Å²) in [6.45, 7) is 2.10. The van der Waals surface area contributed by atoms with Crippen LogP contribution in [0.1, 0.15) is 12.5 Å². The standard InChI is InChI=1S/C7H6N2O4.ClH/c1-7-3-11-6(10)9(7)13-5-4(7)2-12-8-5;/h2H,3H2,1H3;1H. The highest BCUT2D eigenvalue weighted by Crippen LogP contribution is 2.44. The van der Waals surface area contributed by atoms with Gasteiger partial charge in [-0.3, -0.25) is 0 Å². The molecule has 1 saturated heterocycles. The topological polar surface area (TPSA) is 64.8 Å². The van der Waals surface area contributed by atoms with E-state index in [9.17, 15) is 4.79 Å². The van der Waals surface area contributed by atoms with Crippen molar-refractivity contribution in [3.63, 3.8) is 0 Å². The number of halogens is 1. The molecule has 1 aromatic heterocycles. The molecule has 0 saturated carbocycles. The van der Waals surface area contributed by atoms with Crippen LogP contribution in [0.4, 0.5) is 4.79 Å². The third kappa shape index (κ3) is 0.810. The number of fused-ring (bicyclic) bond motifs is 3. The third-order valence-electron chi connectivity index (χ3n) is 2.39. The Labute approximate surface area is 85.1 Å². The van der Waals surface area contributed by atoms with Crippen molar-refractivity contribution in [1.82, 2.24) is 10.2 Å². The molecule has 14 heavy (non-hydrogen) atoms. The van der Waals surface area contributed by atoms with Gasteiger partial charge >= 0.3 is 6.09 Å². The van der Waals surface area contributed by atoms with E-state index in [0.717, 1.165) is 5.56 Å². The number of carbonyl (C=O) groups excluding carboxylic acids is 1. The minimum absolute atomic E-state index is 0. The minimum Gasteiger partial charge on any atom is -0.444 e. The lowest BCUT2D eigenvalue weighted by atomic mass is 9.98. The van der Waals surface area contributed by atoms with Crippen molar-refractivity contribution in [3.05, 3.63) is 11.8 Å². The molecule has 0 bridgehead atoms. The van der Waals surface area contributed by atoms with Crippen molar-refractivity contribution >= 4 is 18.5 Å². The maximum absolute atomic E-state index is 11.1. The van der Waals surface area contributed by atoms with Crippen molar-refractivity contribution in [2.75, 3.05) is 6.61 Å². The van der Waals surface area contributed by atoms with E-state index in [0.29, 0.717) is 5.88 Å². The van der Waals surface area contributed by atoms with Gasteiger partial charge in [-0.05, 0) is 12.1 Å². The van der Waals surface area contributed by atoms with Gasteiger partial charge in [0, 0.05) is 0 Å². The predicted molar refractivity (Wildman–Crippen MR) is 44.9 cm³/mol. The Bertz CT molecular complexity index is 393. The Morgan fingerprint density at radius 2 is 2.43 bits per heavy atom. The van der Waals surface area contributed by atoms with Crippen LogP contribution in [0.3, 0.4) is 0 Å². The molecule has 0 radical (unpaired) electrons. The molecule has 6 nitrogen and oxygen atoms in total. The molecule has 1 unspecified atom stereocenters. The molecule has 0 N–H and O–H groups in total. The molecule has 0 aliphatic carbocycles. The van der Waals surface area contributed by atoms with Gasteiger partial charge in [0.25, 0.3) is 5.88 Å². The minimum atomic E-state index is -0.577. The second-order valence-corrected chi connectivity index (χ2v) is 3.25. The second-order valence-electron chi connectivity index (χ2n) is 3.25. The Hall–Kier alpha value is -1.43. The zero-order valence-electron chi connectivity index (χ0n) is 7.22. The summed E-state index contributed by atoms with van der Waals surface area (Å²) in [5, 5.41) is 4.79. The van der Waals surface area contributed by atoms with Gasteiger partial charge in [-0.25, -0.2) is 4.79 Å². The largest absolute Gasteiger partial charge is 0.444 e. The fourth-order valence-electron chi connectivity index (χ4n) is 1.58. The lowest BCUT2D eigenvalue weighted by Gasteiger charge is -2.19. The first-order valence-corrected chi connectivity index (χ1v) is 3.81. The first-order valence-electron chi connectivity index (χ1n) is 3.81. The number of hydroxylamine groups is 2. The highest BCUT2D eigenvalue weighted by Gasteiger charge is 2.55. The zero-order valence-corrected chi connectivity index (χ0v) is 8.04. The van der Waals surface area contributed by atoms with Gasteiger partial charge in [-0.2, -0.15) is 0 Å². The van der Waals surface area contributed by atoms with Crippen LogP contribution in [0.5, 0.6) is 5.88 Å². The van der Waals surface area contributed by atoms with E-state index >= 15 is 0 Å². The van der Waals surface area contributed by atoms with E-state index in [1.165, 1.54) is 11.3 Å². The first kappa shape index (κ1) is 9.14. The van der Waals surface area contributed by atoms with Gasteiger partial charge in [0.05, 0.1) is 5.56 Å². The van der Waals surface area contributed by atoms with Crippen LogP contribution in [0.2, 0.25) is 0 Å².